The summed E-state index contributed by atoms with van der Waals surface area (Å²) in [6.07, 6.45) is -0.969. The number of hydrogen-bond donors (Lipinski definition) is 2. The van der Waals surface area contributed by atoms with Gasteiger partial charge in [0.05, 0.1) is 18.1 Å². The molecule has 120 valence electrons. The SMILES string of the molecule is O=C(NCC1CN(c2ccc(F)cc2)C(=O)O1)Nc1cccs1. The first kappa shape index (κ1) is 15.3. The molecular formula is C15H14FN3O3S. The summed E-state index contributed by atoms with van der Waals surface area (Å²) < 4.78 is 18.1. The molecule has 3 rings (SSSR count). The van der Waals surface area contributed by atoms with Gasteiger partial charge in [0.2, 0.25) is 0 Å². The van der Waals surface area contributed by atoms with Crippen molar-refractivity contribution in [1.82, 2.24) is 5.32 Å². The predicted molar refractivity (Wildman–Crippen MR) is 85.4 cm³/mol. The van der Waals surface area contributed by atoms with E-state index >= 15 is 0 Å². The van der Waals surface area contributed by atoms with E-state index in [1.807, 2.05) is 11.4 Å². The largest absolute Gasteiger partial charge is 0.442 e. The molecule has 1 aliphatic heterocycles. The Morgan fingerprint density at radius 2 is 2.13 bits per heavy atom. The molecule has 0 bridgehead atoms. The summed E-state index contributed by atoms with van der Waals surface area (Å²) >= 11 is 1.41. The minimum absolute atomic E-state index is 0.195. The number of hydrogen-bond acceptors (Lipinski definition) is 4. The molecule has 0 saturated carbocycles. The Labute approximate surface area is 135 Å². The summed E-state index contributed by atoms with van der Waals surface area (Å²) in [5, 5.41) is 7.93. The average Bonchev–Trinajstić information content (AvgIpc) is 3.16. The molecule has 2 N–H and O–H groups in total. The first-order chi connectivity index (χ1) is 11.1. The third-order valence-electron chi connectivity index (χ3n) is 3.26. The normalized spacial score (nSPS) is 17.0. The fraction of sp³-hybridized carbons (Fsp3) is 0.200. The van der Waals surface area contributed by atoms with E-state index in [2.05, 4.69) is 10.6 Å². The number of anilines is 2. The van der Waals surface area contributed by atoms with Crippen molar-refractivity contribution >= 4 is 34.1 Å². The molecule has 23 heavy (non-hydrogen) atoms. The van der Waals surface area contributed by atoms with Crippen LogP contribution >= 0.6 is 11.3 Å². The maximum Gasteiger partial charge on any atom is 0.414 e. The summed E-state index contributed by atoms with van der Waals surface area (Å²) in [5.74, 6) is -0.371. The van der Waals surface area contributed by atoms with Gasteiger partial charge in [-0.3, -0.25) is 10.2 Å². The van der Waals surface area contributed by atoms with Gasteiger partial charge >= 0.3 is 12.1 Å². The lowest BCUT2D eigenvalue weighted by molar-refractivity contribution is 0.141. The molecule has 1 aromatic heterocycles. The number of halogens is 1. The highest BCUT2D eigenvalue weighted by Crippen LogP contribution is 2.21. The highest BCUT2D eigenvalue weighted by molar-refractivity contribution is 7.14. The van der Waals surface area contributed by atoms with Crippen molar-refractivity contribution in [1.29, 1.82) is 0 Å². The second-order valence-corrected chi connectivity index (χ2v) is 5.85. The van der Waals surface area contributed by atoms with Gasteiger partial charge in [0.15, 0.2) is 0 Å². The molecule has 2 heterocycles. The van der Waals surface area contributed by atoms with Crippen LogP contribution in [0, 0.1) is 5.82 Å². The molecule has 1 fully saturated rings. The average molecular weight is 335 g/mol. The van der Waals surface area contributed by atoms with E-state index in [1.165, 1.54) is 40.5 Å². The predicted octanol–water partition coefficient (Wildman–Crippen LogP) is 3.03. The second-order valence-electron chi connectivity index (χ2n) is 4.91. The van der Waals surface area contributed by atoms with Crippen LogP contribution in [0.4, 0.5) is 24.7 Å². The van der Waals surface area contributed by atoms with Crippen LogP contribution < -0.4 is 15.5 Å². The molecule has 0 aliphatic carbocycles. The van der Waals surface area contributed by atoms with Crippen LogP contribution in [-0.2, 0) is 4.74 Å². The van der Waals surface area contributed by atoms with Crippen molar-refractivity contribution in [2.75, 3.05) is 23.3 Å². The molecule has 8 heteroatoms. The third-order valence-corrected chi connectivity index (χ3v) is 4.05. The van der Waals surface area contributed by atoms with Gasteiger partial charge in [0.1, 0.15) is 11.9 Å². The molecule has 3 amide bonds. The van der Waals surface area contributed by atoms with Crippen LogP contribution in [0.25, 0.3) is 0 Å². The van der Waals surface area contributed by atoms with Crippen LogP contribution in [-0.4, -0.2) is 31.3 Å². The van der Waals surface area contributed by atoms with E-state index in [0.29, 0.717) is 12.2 Å². The van der Waals surface area contributed by atoms with E-state index in [-0.39, 0.29) is 18.4 Å². The number of carbonyl (C=O) groups is 2. The van der Waals surface area contributed by atoms with Gasteiger partial charge in [-0.1, -0.05) is 0 Å². The van der Waals surface area contributed by atoms with E-state index in [9.17, 15) is 14.0 Å². The fourth-order valence-electron chi connectivity index (χ4n) is 2.17. The van der Waals surface area contributed by atoms with Gasteiger partial charge in [-0.15, -0.1) is 11.3 Å². The molecular weight excluding hydrogens is 321 g/mol. The number of benzene rings is 1. The Morgan fingerprint density at radius 3 is 2.83 bits per heavy atom. The Bertz CT molecular complexity index is 691. The zero-order valence-corrected chi connectivity index (χ0v) is 12.8. The summed E-state index contributed by atoms with van der Waals surface area (Å²) in [4.78, 5) is 25.0. The van der Waals surface area contributed by atoms with Gasteiger partial charge in [0, 0.05) is 5.69 Å². The van der Waals surface area contributed by atoms with Gasteiger partial charge in [-0.2, -0.15) is 0 Å². The Morgan fingerprint density at radius 1 is 1.35 bits per heavy atom. The molecule has 1 unspecified atom stereocenters. The highest BCUT2D eigenvalue weighted by Gasteiger charge is 2.32. The molecule has 0 radical (unpaired) electrons. The number of urea groups is 1. The molecule has 1 aliphatic rings. The minimum atomic E-state index is -0.512. The molecule has 0 spiro atoms. The smallest absolute Gasteiger partial charge is 0.414 e. The zero-order chi connectivity index (χ0) is 16.2. The van der Waals surface area contributed by atoms with Crippen molar-refractivity contribution in [2.24, 2.45) is 0 Å². The summed E-state index contributed by atoms with van der Waals surface area (Å²) in [7, 11) is 0. The van der Waals surface area contributed by atoms with E-state index in [0.717, 1.165) is 5.00 Å². The first-order valence-corrected chi connectivity index (χ1v) is 7.82. The van der Waals surface area contributed by atoms with Gasteiger partial charge in [-0.25, -0.2) is 14.0 Å². The molecule has 1 aromatic carbocycles. The van der Waals surface area contributed by atoms with E-state index in [1.54, 1.807) is 6.07 Å². The van der Waals surface area contributed by atoms with Crippen molar-refractivity contribution in [3.63, 3.8) is 0 Å². The van der Waals surface area contributed by atoms with Gasteiger partial charge < -0.3 is 10.1 Å². The van der Waals surface area contributed by atoms with E-state index < -0.39 is 12.2 Å². The third kappa shape index (κ3) is 3.78. The summed E-state index contributed by atoms with van der Waals surface area (Å²) in [6, 6.07) is 8.84. The molecule has 2 aromatic rings. The number of nitrogens with one attached hydrogen (secondary N) is 2. The Kier molecular flexibility index (Phi) is 4.42. The number of amides is 3. The van der Waals surface area contributed by atoms with Crippen LogP contribution in [0.15, 0.2) is 41.8 Å². The number of cyclic esters (lactones) is 1. The summed E-state index contributed by atoms with van der Waals surface area (Å²) in [6.45, 7) is 0.490. The van der Waals surface area contributed by atoms with Crippen molar-refractivity contribution in [2.45, 2.75) is 6.10 Å². The molecule has 6 nitrogen and oxygen atoms in total. The number of ether oxygens (including phenoxy) is 1. The monoisotopic (exact) mass is 335 g/mol. The lowest BCUT2D eigenvalue weighted by Crippen LogP contribution is -2.37. The van der Waals surface area contributed by atoms with Crippen molar-refractivity contribution < 1.29 is 18.7 Å². The number of carbonyl (C=O) groups excluding carboxylic acids is 2. The van der Waals surface area contributed by atoms with Gasteiger partial charge in [0.25, 0.3) is 0 Å². The Balaban J connectivity index is 1.51. The Hall–Kier alpha value is -2.61. The highest BCUT2D eigenvalue weighted by atomic mass is 32.1. The van der Waals surface area contributed by atoms with Crippen molar-refractivity contribution in [3.05, 3.63) is 47.6 Å². The van der Waals surface area contributed by atoms with E-state index in [4.69, 9.17) is 4.74 Å². The second kappa shape index (κ2) is 6.66. The molecule has 1 atom stereocenters. The zero-order valence-electron chi connectivity index (χ0n) is 12.0. The molecule has 1 saturated heterocycles. The number of thiophene rings is 1. The number of rotatable bonds is 4. The van der Waals surface area contributed by atoms with Gasteiger partial charge in [-0.05, 0) is 41.8 Å². The maximum absolute atomic E-state index is 12.9. The van der Waals surface area contributed by atoms with Crippen LogP contribution in [0.5, 0.6) is 0 Å². The van der Waals surface area contributed by atoms with Crippen LogP contribution in [0.2, 0.25) is 0 Å². The fourth-order valence-corrected chi connectivity index (χ4v) is 2.78. The van der Waals surface area contributed by atoms with Crippen LogP contribution in [0.3, 0.4) is 0 Å². The first-order valence-electron chi connectivity index (χ1n) is 6.94. The maximum atomic E-state index is 12.9. The number of nitrogens with zero attached hydrogens (tertiary/aromatic N) is 1. The lowest BCUT2D eigenvalue weighted by atomic mass is 10.2. The van der Waals surface area contributed by atoms with Crippen molar-refractivity contribution in [3.8, 4) is 0 Å². The van der Waals surface area contributed by atoms with Crippen LogP contribution in [0.1, 0.15) is 0 Å². The topological polar surface area (TPSA) is 70.7 Å². The minimum Gasteiger partial charge on any atom is -0.442 e. The quantitative estimate of drug-likeness (QED) is 0.902. The summed E-state index contributed by atoms with van der Waals surface area (Å²) in [5.41, 5.74) is 0.557. The standard InChI is InChI=1S/C15H14FN3O3S/c16-10-3-5-11(6-4-10)19-9-12(22-15(19)21)8-17-14(20)18-13-2-1-7-23-13/h1-7,12H,8-9H2,(H2,17,18,20). The lowest BCUT2D eigenvalue weighted by Gasteiger charge is -2.13.